The Kier molecular flexibility index (Phi) is 11.2. The van der Waals surface area contributed by atoms with E-state index in [0.717, 1.165) is 31.5 Å². The van der Waals surface area contributed by atoms with Gasteiger partial charge in [0.15, 0.2) is 0 Å². The van der Waals surface area contributed by atoms with E-state index >= 15 is 0 Å². The Balaban J connectivity index is 0.000000989. The van der Waals surface area contributed by atoms with E-state index in [4.69, 9.17) is 11.6 Å². The molecule has 1 aliphatic heterocycles. The number of amides is 1. The fourth-order valence-electron chi connectivity index (χ4n) is 3.15. The van der Waals surface area contributed by atoms with Crippen molar-refractivity contribution in [1.82, 2.24) is 14.9 Å². The number of anilines is 1. The molecule has 2 atom stereocenters. The summed E-state index contributed by atoms with van der Waals surface area (Å²) >= 11 is 5.81. The molecule has 7 heteroatoms. The predicted molar refractivity (Wildman–Crippen MR) is 121 cm³/mol. The lowest BCUT2D eigenvalue weighted by Gasteiger charge is -2.36. The summed E-state index contributed by atoms with van der Waals surface area (Å²) in [4.78, 5) is 32.7. The lowest BCUT2D eigenvalue weighted by atomic mass is 9.91. The number of nitrogens with one attached hydrogen (secondary N) is 2. The Labute approximate surface area is 178 Å². The van der Waals surface area contributed by atoms with Gasteiger partial charge in [-0.25, -0.2) is 4.98 Å². The van der Waals surface area contributed by atoms with Gasteiger partial charge in [-0.2, -0.15) is 0 Å². The standard InChI is InChI=1S/C18H21ClN4O2.2C2H6/c1-12(18(25)22-16-6-5-15(19)10-20-16)23-8-2-3-14(11-23)13-4-7-17(24)21-9-13;2*1-2/h4-7,9-10,12,14H,2-3,8,11H2,1H3,(H,21,24)(H,20,22,25);2*1-2H3. The van der Waals surface area contributed by atoms with Crippen LogP contribution in [0.4, 0.5) is 5.82 Å². The van der Waals surface area contributed by atoms with Crippen molar-refractivity contribution in [2.24, 2.45) is 0 Å². The Morgan fingerprint density at radius 2 is 1.97 bits per heavy atom. The minimum atomic E-state index is -0.261. The number of aromatic nitrogens is 2. The van der Waals surface area contributed by atoms with Gasteiger partial charge >= 0.3 is 0 Å². The first-order chi connectivity index (χ1) is 14.0. The highest BCUT2D eigenvalue weighted by atomic mass is 35.5. The van der Waals surface area contributed by atoms with Crippen molar-refractivity contribution in [2.75, 3.05) is 18.4 Å². The van der Waals surface area contributed by atoms with E-state index in [9.17, 15) is 9.59 Å². The van der Waals surface area contributed by atoms with E-state index < -0.39 is 0 Å². The molecule has 0 spiro atoms. The third-order valence-corrected chi connectivity index (χ3v) is 4.86. The van der Waals surface area contributed by atoms with Gasteiger partial charge in [0.25, 0.3) is 0 Å². The lowest BCUT2D eigenvalue weighted by molar-refractivity contribution is -0.121. The van der Waals surface area contributed by atoms with Crippen molar-refractivity contribution in [3.8, 4) is 0 Å². The molecule has 2 aromatic heterocycles. The van der Waals surface area contributed by atoms with E-state index in [-0.39, 0.29) is 17.5 Å². The van der Waals surface area contributed by atoms with Crippen LogP contribution in [0.5, 0.6) is 0 Å². The molecule has 3 heterocycles. The number of pyridine rings is 2. The number of nitrogens with zero attached hydrogens (tertiary/aromatic N) is 2. The second-order valence-electron chi connectivity index (χ2n) is 6.35. The zero-order valence-electron chi connectivity index (χ0n) is 18.0. The van der Waals surface area contributed by atoms with Gasteiger partial charge in [-0.05, 0) is 49.9 Å². The van der Waals surface area contributed by atoms with Crippen LogP contribution in [-0.2, 0) is 4.79 Å². The number of H-pyrrole nitrogens is 1. The predicted octanol–water partition coefficient (Wildman–Crippen LogP) is 4.68. The quantitative estimate of drug-likeness (QED) is 0.752. The van der Waals surface area contributed by atoms with E-state index in [1.165, 1.54) is 6.20 Å². The molecule has 1 amide bonds. The Hall–Kier alpha value is -2.18. The summed E-state index contributed by atoms with van der Waals surface area (Å²) in [7, 11) is 0. The summed E-state index contributed by atoms with van der Waals surface area (Å²) in [5.74, 6) is 0.724. The molecule has 2 aromatic rings. The molecule has 3 rings (SSSR count). The average Bonchev–Trinajstić information content (AvgIpc) is 2.78. The number of hydrogen-bond acceptors (Lipinski definition) is 4. The monoisotopic (exact) mass is 420 g/mol. The minimum Gasteiger partial charge on any atom is -0.329 e. The maximum atomic E-state index is 12.5. The molecule has 6 nitrogen and oxygen atoms in total. The van der Waals surface area contributed by atoms with Gasteiger partial charge in [0.2, 0.25) is 11.5 Å². The largest absolute Gasteiger partial charge is 0.329 e. The summed E-state index contributed by atoms with van der Waals surface area (Å²) < 4.78 is 0. The fourth-order valence-corrected chi connectivity index (χ4v) is 3.26. The molecule has 29 heavy (non-hydrogen) atoms. The van der Waals surface area contributed by atoms with Gasteiger partial charge < -0.3 is 10.3 Å². The Bertz CT molecular complexity index is 772. The number of carbonyl (C=O) groups is 1. The van der Waals surface area contributed by atoms with Crippen molar-refractivity contribution in [3.05, 3.63) is 57.6 Å². The number of halogens is 1. The van der Waals surface area contributed by atoms with Crippen LogP contribution < -0.4 is 10.9 Å². The molecule has 0 radical (unpaired) electrons. The zero-order chi connectivity index (χ0) is 21.8. The average molecular weight is 421 g/mol. The second kappa shape index (κ2) is 13.1. The molecular weight excluding hydrogens is 388 g/mol. The van der Waals surface area contributed by atoms with Gasteiger partial charge in [0.1, 0.15) is 5.82 Å². The van der Waals surface area contributed by atoms with Crippen molar-refractivity contribution >= 4 is 23.3 Å². The van der Waals surface area contributed by atoms with Crippen LogP contribution in [0, 0.1) is 0 Å². The number of piperidine rings is 1. The number of likely N-dealkylation sites (tertiary alicyclic amines) is 1. The zero-order valence-corrected chi connectivity index (χ0v) is 18.8. The third kappa shape index (κ3) is 7.63. The minimum absolute atomic E-state index is 0.0862. The second-order valence-corrected chi connectivity index (χ2v) is 6.78. The highest BCUT2D eigenvalue weighted by Gasteiger charge is 2.28. The highest BCUT2D eigenvalue weighted by molar-refractivity contribution is 6.30. The maximum Gasteiger partial charge on any atom is 0.247 e. The molecular formula is C22H33ClN4O2. The van der Waals surface area contributed by atoms with Gasteiger partial charge in [0, 0.05) is 25.0 Å². The summed E-state index contributed by atoms with van der Waals surface area (Å²) in [6.45, 7) is 11.6. The van der Waals surface area contributed by atoms with Gasteiger partial charge in [0.05, 0.1) is 11.1 Å². The van der Waals surface area contributed by atoms with Crippen LogP contribution in [0.3, 0.4) is 0 Å². The molecule has 0 aromatic carbocycles. The van der Waals surface area contributed by atoms with E-state index in [2.05, 4.69) is 20.2 Å². The smallest absolute Gasteiger partial charge is 0.247 e. The molecule has 1 saturated heterocycles. The van der Waals surface area contributed by atoms with Crippen LogP contribution in [0.15, 0.2) is 41.5 Å². The highest BCUT2D eigenvalue weighted by Crippen LogP contribution is 2.27. The number of carbonyl (C=O) groups excluding carboxylic acids is 1. The lowest BCUT2D eigenvalue weighted by Crippen LogP contribution is -2.46. The van der Waals surface area contributed by atoms with Crippen molar-refractivity contribution in [3.63, 3.8) is 0 Å². The fraction of sp³-hybridized carbons (Fsp3) is 0.500. The number of hydrogen-bond donors (Lipinski definition) is 2. The van der Waals surface area contributed by atoms with Crippen LogP contribution >= 0.6 is 11.6 Å². The molecule has 0 bridgehead atoms. The van der Waals surface area contributed by atoms with Gasteiger partial charge in [-0.15, -0.1) is 0 Å². The summed E-state index contributed by atoms with van der Waals surface area (Å²) in [6.07, 6.45) is 5.35. The van der Waals surface area contributed by atoms with Crippen LogP contribution in [0.2, 0.25) is 5.02 Å². The van der Waals surface area contributed by atoms with Crippen molar-refractivity contribution < 1.29 is 4.79 Å². The summed E-state index contributed by atoms with van der Waals surface area (Å²) in [5, 5.41) is 3.36. The van der Waals surface area contributed by atoms with Crippen LogP contribution in [0.25, 0.3) is 0 Å². The first-order valence-electron chi connectivity index (χ1n) is 10.4. The molecule has 2 N–H and O–H groups in total. The molecule has 2 unspecified atom stereocenters. The first-order valence-corrected chi connectivity index (χ1v) is 10.8. The van der Waals surface area contributed by atoms with Crippen LogP contribution in [0.1, 0.15) is 58.9 Å². The normalized spacial score (nSPS) is 17.1. The van der Waals surface area contributed by atoms with E-state index in [1.54, 1.807) is 24.4 Å². The van der Waals surface area contributed by atoms with Crippen molar-refractivity contribution in [1.29, 1.82) is 0 Å². The third-order valence-electron chi connectivity index (χ3n) is 4.64. The molecule has 0 aliphatic carbocycles. The van der Waals surface area contributed by atoms with Gasteiger partial charge in [-0.3, -0.25) is 14.5 Å². The molecule has 0 saturated carbocycles. The molecule has 160 valence electrons. The van der Waals surface area contributed by atoms with E-state index in [1.807, 2.05) is 40.7 Å². The molecule has 1 fully saturated rings. The topological polar surface area (TPSA) is 78.1 Å². The molecule has 1 aliphatic rings. The van der Waals surface area contributed by atoms with Gasteiger partial charge in [-0.1, -0.05) is 45.4 Å². The first kappa shape index (κ1) is 24.9. The number of aromatic amines is 1. The number of rotatable bonds is 4. The van der Waals surface area contributed by atoms with E-state index in [0.29, 0.717) is 16.8 Å². The Morgan fingerprint density at radius 3 is 2.55 bits per heavy atom. The van der Waals surface area contributed by atoms with Crippen LogP contribution in [-0.4, -0.2) is 39.9 Å². The summed E-state index contributed by atoms with van der Waals surface area (Å²) in [6, 6.07) is 6.54. The SMILES string of the molecule is CC.CC.CC(C(=O)Nc1ccc(Cl)cn1)N1CCCC(c2ccc(=O)[nH]c2)C1. The maximum absolute atomic E-state index is 12.5. The Morgan fingerprint density at radius 1 is 1.24 bits per heavy atom. The van der Waals surface area contributed by atoms with Crippen molar-refractivity contribution in [2.45, 2.75) is 59.4 Å². The summed E-state index contributed by atoms with van der Waals surface area (Å²) in [5.41, 5.74) is 1.01.